The van der Waals surface area contributed by atoms with E-state index in [1.807, 2.05) is 26.0 Å². The smallest absolute Gasteiger partial charge is 0.239 e. The van der Waals surface area contributed by atoms with Crippen molar-refractivity contribution in [3.63, 3.8) is 0 Å². The molecule has 6 nitrogen and oxygen atoms in total. The van der Waals surface area contributed by atoms with E-state index in [2.05, 4.69) is 15.6 Å². The number of aromatic nitrogens is 1. The molecule has 1 fully saturated rings. The molecule has 0 unspecified atom stereocenters. The van der Waals surface area contributed by atoms with Crippen LogP contribution >= 0.6 is 0 Å². The van der Waals surface area contributed by atoms with E-state index in [0.717, 1.165) is 18.5 Å². The molecule has 0 spiro atoms. The number of carbonyl (C=O) groups excluding carboxylic acids is 1. The number of rotatable bonds is 6. The lowest BCUT2D eigenvalue weighted by Crippen LogP contribution is -2.41. The number of hydrogen-bond donors (Lipinski definition) is 2. The highest BCUT2D eigenvalue weighted by Crippen LogP contribution is 2.21. The lowest BCUT2D eigenvalue weighted by Gasteiger charge is -2.23. The molecule has 1 aromatic heterocycles. The standard InChI is InChI=1S/C15H23N3O3/c1-11(2)21-15-13(4-3-7-16-15)17-10-14(19)18-12-5-8-20-9-6-12/h3-4,7,11-12,17H,5-6,8-10H2,1-2H3,(H,18,19). The summed E-state index contributed by atoms with van der Waals surface area (Å²) in [7, 11) is 0. The fourth-order valence-corrected chi connectivity index (χ4v) is 2.14. The van der Waals surface area contributed by atoms with Crippen molar-refractivity contribution < 1.29 is 14.3 Å². The van der Waals surface area contributed by atoms with Gasteiger partial charge in [-0.2, -0.15) is 0 Å². The summed E-state index contributed by atoms with van der Waals surface area (Å²) in [6, 6.07) is 3.88. The van der Waals surface area contributed by atoms with Gasteiger partial charge in [-0.3, -0.25) is 4.79 Å². The van der Waals surface area contributed by atoms with Crippen LogP contribution in [0.1, 0.15) is 26.7 Å². The van der Waals surface area contributed by atoms with Gasteiger partial charge >= 0.3 is 0 Å². The van der Waals surface area contributed by atoms with Gasteiger partial charge in [-0.25, -0.2) is 4.98 Å². The molecular formula is C15H23N3O3. The maximum absolute atomic E-state index is 11.9. The first-order chi connectivity index (χ1) is 10.1. The van der Waals surface area contributed by atoms with Crippen LogP contribution in [0.15, 0.2) is 18.3 Å². The van der Waals surface area contributed by atoms with Crippen molar-refractivity contribution in [1.29, 1.82) is 0 Å². The molecular weight excluding hydrogens is 270 g/mol. The molecule has 2 N–H and O–H groups in total. The summed E-state index contributed by atoms with van der Waals surface area (Å²) >= 11 is 0. The first-order valence-electron chi connectivity index (χ1n) is 7.38. The van der Waals surface area contributed by atoms with Gasteiger partial charge in [-0.1, -0.05) is 0 Å². The summed E-state index contributed by atoms with van der Waals surface area (Å²) in [6.07, 6.45) is 3.46. The Labute approximate surface area is 125 Å². The largest absolute Gasteiger partial charge is 0.473 e. The molecule has 1 aliphatic rings. The van der Waals surface area contributed by atoms with Crippen LogP contribution in [0.25, 0.3) is 0 Å². The Bertz CT molecular complexity index is 459. The van der Waals surface area contributed by atoms with Crippen LogP contribution in [0, 0.1) is 0 Å². The second-order valence-corrected chi connectivity index (χ2v) is 5.33. The number of nitrogens with zero attached hydrogens (tertiary/aromatic N) is 1. The van der Waals surface area contributed by atoms with Crippen molar-refractivity contribution >= 4 is 11.6 Å². The number of anilines is 1. The van der Waals surface area contributed by atoms with E-state index in [1.54, 1.807) is 6.20 Å². The Hall–Kier alpha value is -1.82. The zero-order valence-electron chi connectivity index (χ0n) is 12.6. The summed E-state index contributed by atoms with van der Waals surface area (Å²) in [5, 5.41) is 6.08. The van der Waals surface area contributed by atoms with Gasteiger partial charge in [0.05, 0.1) is 18.3 Å². The van der Waals surface area contributed by atoms with E-state index < -0.39 is 0 Å². The Kier molecular flexibility index (Phi) is 5.80. The third-order valence-corrected chi connectivity index (χ3v) is 3.14. The van der Waals surface area contributed by atoms with Crippen LogP contribution in [0.5, 0.6) is 5.88 Å². The fourth-order valence-electron chi connectivity index (χ4n) is 2.14. The van der Waals surface area contributed by atoms with Crippen LogP contribution in [-0.2, 0) is 9.53 Å². The number of carbonyl (C=O) groups is 1. The molecule has 116 valence electrons. The van der Waals surface area contributed by atoms with Crippen LogP contribution in [-0.4, -0.2) is 42.8 Å². The van der Waals surface area contributed by atoms with Gasteiger partial charge < -0.3 is 20.1 Å². The van der Waals surface area contributed by atoms with Gasteiger partial charge in [0.25, 0.3) is 0 Å². The Morgan fingerprint density at radius 1 is 1.48 bits per heavy atom. The lowest BCUT2D eigenvalue weighted by atomic mass is 10.1. The molecule has 0 atom stereocenters. The molecule has 1 saturated heterocycles. The summed E-state index contributed by atoms with van der Waals surface area (Å²) < 4.78 is 10.9. The van der Waals surface area contributed by atoms with Crippen LogP contribution in [0.4, 0.5) is 5.69 Å². The highest BCUT2D eigenvalue weighted by atomic mass is 16.5. The van der Waals surface area contributed by atoms with Crippen LogP contribution in [0.2, 0.25) is 0 Å². The maximum Gasteiger partial charge on any atom is 0.239 e. The number of ether oxygens (including phenoxy) is 2. The van der Waals surface area contributed by atoms with Gasteiger partial charge in [0.2, 0.25) is 11.8 Å². The highest BCUT2D eigenvalue weighted by Gasteiger charge is 2.16. The summed E-state index contributed by atoms with van der Waals surface area (Å²) in [6.45, 7) is 5.52. The first-order valence-corrected chi connectivity index (χ1v) is 7.38. The number of amides is 1. The quantitative estimate of drug-likeness (QED) is 0.833. The summed E-state index contributed by atoms with van der Waals surface area (Å²) in [5.74, 6) is 0.493. The van der Waals surface area contributed by atoms with E-state index >= 15 is 0 Å². The van der Waals surface area contributed by atoms with E-state index in [1.165, 1.54) is 0 Å². The van der Waals surface area contributed by atoms with Crippen LogP contribution < -0.4 is 15.4 Å². The Morgan fingerprint density at radius 2 is 2.24 bits per heavy atom. The lowest BCUT2D eigenvalue weighted by molar-refractivity contribution is -0.120. The minimum Gasteiger partial charge on any atom is -0.473 e. The molecule has 0 aliphatic carbocycles. The van der Waals surface area contributed by atoms with E-state index in [0.29, 0.717) is 19.1 Å². The second kappa shape index (κ2) is 7.83. The minimum absolute atomic E-state index is 0.0266. The molecule has 1 aliphatic heterocycles. The average molecular weight is 293 g/mol. The summed E-state index contributed by atoms with van der Waals surface area (Å²) in [4.78, 5) is 16.1. The molecule has 0 radical (unpaired) electrons. The summed E-state index contributed by atoms with van der Waals surface area (Å²) in [5.41, 5.74) is 0.730. The van der Waals surface area contributed by atoms with Crippen molar-refractivity contribution in [2.45, 2.75) is 38.8 Å². The third kappa shape index (κ3) is 5.23. The zero-order valence-corrected chi connectivity index (χ0v) is 12.6. The molecule has 1 aromatic rings. The Balaban J connectivity index is 1.83. The second-order valence-electron chi connectivity index (χ2n) is 5.33. The predicted molar refractivity (Wildman–Crippen MR) is 80.5 cm³/mol. The SMILES string of the molecule is CC(C)Oc1ncccc1NCC(=O)NC1CCOCC1. The Morgan fingerprint density at radius 3 is 2.95 bits per heavy atom. The minimum atomic E-state index is -0.0266. The van der Waals surface area contributed by atoms with Gasteiger partial charge in [0.15, 0.2) is 0 Å². The predicted octanol–water partition coefficient (Wildman–Crippen LogP) is 1.58. The third-order valence-electron chi connectivity index (χ3n) is 3.14. The first kappa shape index (κ1) is 15.6. The van der Waals surface area contributed by atoms with E-state index in [4.69, 9.17) is 9.47 Å². The van der Waals surface area contributed by atoms with E-state index in [9.17, 15) is 4.79 Å². The molecule has 2 rings (SSSR count). The molecule has 1 amide bonds. The van der Waals surface area contributed by atoms with E-state index in [-0.39, 0.29) is 24.6 Å². The van der Waals surface area contributed by atoms with Crippen molar-refractivity contribution in [2.24, 2.45) is 0 Å². The molecule has 2 heterocycles. The average Bonchev–Trinajstić information content (AvgIpc) is 2.47. The monoisotopic (exact) mass is 293 g/mol. The van der Waals surface area contributed by atoms with Crippen LogP contribution in [0.3, 0.4) is 0 Å². The number of nitrogens with one attached hydrogen (secondary N) is 2. The molecule has 6 heteroatoms. The number of hydrogen-bond acceptors (Lipinski definition) is 5. The zero-order chi connectivity index (χ0) is 15.1. The molecule has 0 saturated carbocycles. The van der Waals surface area contributed by atoms with Gasteiger partial charge in [0, 0.05) is 25.5 Å². The van der Waals surface area contributed by atoms with Crippen molar-refractivity contribution in [3.8, 4) is 5.88 Å². The maximum atomic E-state index is 11.9. The topological polar surface area (TPSA) is 72.5 Å². The highest BCUT2D eigenvalue weighted by molar-refractivity contribution is 5.81. The van der Waals surface area contributed by atoms with Gasteiger partial charge in [-0.15, -0.1) is 0 Å². The molecule has 0 bridgehead atoms. The van der Waals surface area contributed by atoms with Crippen molar-refractivity contribution in [2.75, 3.05) is 25.1 Å². The van der Waals surface area contributed by atoms with Crippen molar-refractivity contribution in [1.82, 2.24) is 10.3 Å². The number of pyridine rings is 1. The van der Waals surface area contributed by atoms with Gasteiger partial charge in [-0.05, 0) is 38.8 Å². The normalized spacial score (nSPS) is 15.8. The molecule has 0 aromatic carbocycles. The van der Waals surface area contributed by atoms with Gasteiger partial charge in [0.1, 0.15) is 0 Å². The molecule has 21 heavy (non-hydrogen) atoms. The fraction of sp³-hybridized carbons (Fsp3) is 0.600. The van der Waals surface area contributed by atoms with Crippen molar-refractivity contribution in [3.05, 3.63) is 18.3 Å².